The topological polar surface area (TPSA) is 101 Å². The van der Waals surface area contributed by atoms with E-state index in [4.69, 9.17) is 0 Å². The average molecular weight is 271 g/mol. The molecule has 0 bridgehead atoms. The van der Waals surface area contributed by atoms with Crippen molar-refractivity contribution in [3.8, 4) is 0 Å². The number of hydrogen-bond donors (Lipinski definition) is 2. The maximum absolute atomic E-state index is 10.8. The summed E-state index contributed by atoms with van der Waals surface area (Å²) < 4.78 is 0. The first-order valence-electron chi connectivity index (χ1n) is 5.16. The molecule has 1 aromatic rings. The van der Waals surface area contributed by atoms with Crippen molar-refractivity contribution in [2.45, 2.75) is 19.1 Å². The molecule has 2 atom stereocenters. The van der Waals surface area contributed by atoms with Gasteiger partial charge in [-0.25, -0.2) is 0 Å². The Kier molecular flexibility index (Phi) is 5.26. The van der Waals surface area contributed by atoms with Crippen molar-refractivity contribution in [1.29, 1.82) is 0 Å². The summed E-state index contributed by atoms with van der Waals surface area (Å²) in [5.41, 5.74) is -0.212. The van der Waals surface area contributed by atoms with Gasteiger partial charge in [0.2, 0.25) is 0 Å². The average Bonchev–Trinajstić information content (AvgIpc) is 2.34. The van der Waals surface area contributed by atoms with Gasteiger partial charge >= 0.3 is 0 Å². The predicted molar refractivity (Wildman–Crippen MR) is 67.2 cm³/mol. The molecule has 98 valence electrons. The van der Waals surface area contributed by atoms with Gasteiger partial charge < -0.3 is 10.2 Å². The number of carbonyl (C=O) groups is 1. The van der Waals surface area contributed by atoms with Gasteiger partial charge in [0.25, 0.3) is 5.69 Å². The number of thioether (sulfide) groups is 1. The van der Waals surface area contributed by atoms with Crippen molar-refractivity contribution in [2.75, 3.05) is 5.75 Å². The molecule has 0 aliphatic heterocycles. The van der Waals surface area contributed by atoms with E-state index in [1.807, 2.05) is 0 Å². The third-order valence-corrected chi connectivity index (χ3v) is 3.19. The molecule has 1 aromatic carbocycles. The van der Waals surface area contributed by atoms with Crippen LogP contribution in [0.1, 0.15) is 18.6 Å². The lowest BCUT2D eigenvalue weighted by atomic mass is 10.0. The summed E-state index contributed by atoms with van der Waals surface area (Å²) in [7, 11) is 0. The van der Waals surface area contributed by atoms with Crippen LogP contribution >= 0.6 is 11.8 Å². The Labute approximate surface area is 108 Å². The highest BCUT2D eigenvalue weighted by atomic mass is 32.2. The molecule has 0 amide bonds. The Balaban J connectivity index is 2.86. The number of rotatable bonds is 5. The molecule has 0 saturated carbocycles. The standard InChI is InChI=1S/C11H13NO5S/c1-7(13)18-6-10(14)11(15)8-4-2-3-5-9(8)12(16)17/h2-5,10-11,14-15H,6H2,1H3. The number of carbonyl (C=O) groups excluding carboxylic acids is 1. The van der Waals surface area contributed by atoms with Crippen LogP contribution in [0.5, 0.6) is 0 Å². The zero-order valence-corrected chi connectivity index (χ0v) is 10.5. The Morgan fingerprint density at radius 1 is 1.44 bits per heavy atom. The molecule has 1 rings (SSSR count). The van der Waals surface area contributed by atoms with Gasteiger partial charge in [-0.15, -0.1) is 0 Å². The fourth-order valence-electron chi connectivity index (χ4n) is 1.41. The summed E-state index contributed by atoms with van der Waals surface area (Å²) in [5.74, 6) is -0.0114. The Hall–Kier alpha value is -1.44. The van der Waals surface area contributed by atoms with E-state index in [2.05, 4.69) is 0 Å². The van der Waals surface area contributed by atoms with Crippen LogP contribution in [-0.2, 0) is 4.79 Å². The quantitative estimate of drug-likeness (QED) is 0.617. The lowest BCUT2D eigenvalue weighted by molar-refractivity contribution is -0.386. The first kappa shape index (κ1) is 14.6. The fourth-order valence-corrected chi connectivity index (χ4v) is 1.99. The normalized spacial score (nSPS) is 13.9. The van der Waals surface area contributed by atoms with Gasteiger partial charge in [0.15, 0.2) is 5.12 Å². The van der Waals surface area contributed by atoms with E-state index in [9.17, 15) is 25.1 Å². The zero-order chi connectivity index (χ0) is 13.7. The monoisotopic (exact) mass is 271 g/mol. The maximum atomic E-state index is 10.8. The first-order valence-corrected chi connectivity index (χ1v) is 6.15. The largest absolute Gasteiger partial charge is 0.389 e. The Morgan fingerprint density at radius 3 is 2.61 bits per heavy atom. The van der Waals surface area contributed by atoms with Gasteiger partial charge in [-0.3, -0.25) is 14.9 Å². The highest BCUT2D eigenvalue weighted by Crippen LogP contribution is 2.28. The summed E-state index contributed by atoms with van der Waals surface area (Å²) in [6, 6.07) is 5.65. The smallest absolute Gasteiger partial charge is 0.275 e. The van der Waals surface area contributed by atoms with Crippen LogP contribution in [0.25, 0.3) is 0 Å². The van der Waals surface area contributed by atoms with E-state index in [-0.39, 0.29) is 22.1 Å². The predicted octanol–water partition coefficient (Wildman–Crippen LogP) is 1.27. The SMILES string of the molecule is CC(=O)SCC(O)C(O)c1ccccc1[N+](=O)[O-]. The van der Waals surface area contributed by atoms with Crippen molar-refractivity contribution in [2.24, 2.45) is 0 Å². The van der Waals surface area contributed by atoms with Gasteiger partial charge in [-0.05, 0) is 6.07 Å². The number of nitro groups is 1. The highest BCUT2D eigenvalue weighted by Gasteiger charge is 2.25. The number of aliphatic hydroxyl groups is 2. The van der Waals surface area contributed by atoms with Crippen LogP contribution in [0.3, 0.4) is 0 Å². The third kappa shape index (κ3) is 3.80. The first-order chi connectivity index (χ1) is 8.43. The maximum Gasteiger partial charge on any atom is 0.275 e. The third-order valence-electron chi connectivity index (χ3n) is 2.27. The van der Waals surface area contributed by atoms with Gasteiger partial charge in [0, 0.05) is 18.7 Å². The lowest BCUT2D eigenvalue weighted by Crippen LogP contribution is -2.22. The van der Waals surface area contributed by atoms with Crippen molar-refractivity contribution in [3.63, 3.8) is 0 Å². The van der Waals surface area contributed by atoms with Gasteiger partial charge in [-0.1, -0.05) is 23.9 Å². The molecule has 0 fully saturated rings. The second-order valence-electron chi connectivity index (χ2n) is 3.63. The summed E-state index contributed by atoms with van der Waals surface area (Å²) >= 11 is 0.858. The summed E-state index contributed by atoms with van der Waals surface area (Å²) in [5, 5.41) is 30.1. The molecule has 0 heterocycles. The molecule has 0 aromatic heterocycles. The molecule has 0 spiro atoms. The Morgan fingerprint density at radius 2 is 2.06 bits per heavy atom. The number of hydrogen-bond acceptors (Lipinski definition) is 6. The van der Waals surface area contributed by atoms with Crippen molar-refractivity contribution >= 4 is 22.6 Å². The minimum absolute atomic E-state index is 0.0114. The van der Waals surface area contributed by atoms with E-state index >= 15 is 0 Å². The molecule has 0 saturated heterocycles. The summed E-state index contributed by atoms with van der Waals surface area (Å²) in [6.07, 6.45) is -2.63. The highest BCUT2D eigenvalue weighted by molar-refractivity contribution is 8.13. The van der Waals surface area contributed by atoms with E-state index in [0.29, 0.717) is 0 Å². The number of benzene rings is 1. The van der Waals surface area contributed by atoms with Crippen LogP contribution in [0.2, 0.25) is 0 Å². The fraction of sp³-hybridized carbons (Fsp3) is 0.364. The zero-order valence-electron chi connectivity index (χ0n) is 9.65. The number of aliphatic hydroxyl groups excluding tert-OH is 2. The number of nitrogens with zero attached hydrogens (tertiary/aromatic N) is 1. The molecule has 0 radical (unpaired) electrons. The van der Waals surface area contributed by atoms with E-state index in [1.165, 1.54) is 31.2 Å². The molecule has 2 unspecified atom stereocenters. The number of nitro benzene ring substituents is 1. The van der Waals surface area contributed by atoms with Crippen LogP contribution in [0.4, 0.5) is 5.69 Å². The lowest BCUT2D eigenvalue weighted by Gasteiger charge is -2.17. The molecule has 0 aliphatic carbocycles. The van der Waals surface area contributed by atoms with Crippen LogP contribution in [-0.4, -0.2) is 32.1 Å². The van der Waals surface area contributed by atoms with Gasteiger partial charge in [0.05, 0.1) is 16.6 Å². The van der Waals surface area contributed by atoms with E-state index in [0.717, 1.165) is 11.8 Å². The molecule has 0 aliphatic rings. The van der Waals surface area contributed by atoms with Gasteiger partial charge in [-0.2, -0.15) is 0 Å². The van der Waals surface area contributed by atoms with E-state index in [1.54, 1.807) is 0 Å². The molecule has 6 nitrogen and oxygen atoms in total. The molecular weight excluding hydrogens is 258 g/mol. The van der Waals surface area contributed by atoms with Gasteiger partial charge in [0.1, 0.15) is 6.10 Å². The van der Waals surface area contributed by atoms with Crippen LogP contribution in [0.15, 0.2) is 24.3 Å². The molecule has 18 heavy (non-hydrogen) atoms. The Bertz CT molecular complexity index is 451. The van der Waals surface area contributed by atoms with Crippen LogP contribution in [0, 0.1) is 10.1 Å². The number of para-hydroxylation sites is 1. The van der Waals surface area contributed by atoms with Crippen molar-refractivity contribution in [1.82, 2.24) is 0 Å². The second-order valence-corrected chi connectivity index (χ2v) is 4.83. The van der Waals surface area contributed by atoms with E-state index < -0.39 is 17.1 Å². The minimum atomic E-state index is -1.39. The van der Waals surface area contributed by atoms with Crippen LogP contribution < -0.4 is 0 Å². The molecule has 7 heteroatoms. The molecular formula is C11H13NO5S. The second kappa shape index (κ2) is 6.48. The molecule has 2 N–H and O–H groups in total. The van der Waals surface area contributed by atoms with Crippen molar-refractivity contribution < 1.29 is 19.9 Å². The minimum Gasteiger partial charge on any atom is -0.389 e. The summed E-state index contributed by atoms with van der Waals surface area (Å²) in [6.45, 7) is 1.34. The summed E-state index contributed by atoms with van der Waals surface area (Å²) in [4.78, 5) is 20.9. The van der Waals surface area contributed by atoms with Crippen molar-refractivity contribution in [3.05, 3.63) is 39.9 Å².